The maximum absolute atomic E-state index is 12.8. The molecule has 0 aliphatic heterocycles. The second kappa shape index (κ2) is 3.82. The summed E-state index contributed by atoms with van der Waals surface area (Å²) in [6.45, 7) is 0. The van der Waals surface area contributed by atoms with E-state index in [9.17, 15) is 4.21 Å². The van der Waals surface area contributed by atoms with Gasteiger partial charge in [-0.05, 0) is 36.8 Å². The molecule has 0 spiro atoms. The highest BCUT2D eigenvalue weighted by Gasteiger charge is 2.51. The highest BCUT2D eigenvalue weighted by atomic mass is 32.2. The van der Waals surface area contributed by atoms with Gasteiger partial charge in [-0.3, -0.25) is 0 Å². The summed E-state index contributed by atoms with van der Waals surface area (Å²) in [5.74, 6) is 2.41. The highest BCUT2D eigenvalue weighted by molar-refractivity contribution is 7.89. The summed E-state index contributed by atoms with van der Waals surface area (Å²) in [7, 11) is -0.967. The van der Waals surface area contributed by atoms with Crippen LogP contribution in [-0.4, -0.2) is 4.21 Å². The van der Waals surface area contributed by atoms with E-state index in [1.807, 2.05) is 30.3 Å². The molecule has 4 aliphatic rings. The molecule has 4 bridgehead atoms. The predicted molar refractivity (Wildman–Crippen MR) is 80.3 cm³/mol. The summed E-state index contributed by atoms with van der Waals surface area (Å²) in [6, 6.07) is 9.91. The van der Waals surface area contributed by atoms with Gasteiger partial charge in [-0.1, -0.05) is 47.6 Å². The molecule has 5 atom stereocenters. The van der Waals surface area contributed by atoms with Crippen LogP contribution in [0.3, 0.4) is 0 Å². The zero-order chi connectivity index (χ0) is 13.3. The Morgan fingerprint density at radius 2 is 1.65 bits per heavy atom. The van der Waals surface area contributed by atoms with Crippen molar-refractivity contribution in [2.45, 2.75) is 17.7 Å². The lowest BCUT2D eigenvalue weighted by molar-refractivity contribution is 0.571. The molecule has 1 nitrogen and oxygen atoms in total. The van der Waals surface area contributed by atoms with Crippen molar-refractivity contribution >= 4 is 10.8 Å². The zero-order valence-electron chi connectivity index (χ0n) is 11.2. The molecule has 0 amide bonds. The van der Waals surface area contributed by atoms with Gasteiger partial charge in [0, 0.05) is 21.6 Å². The van der Waals surface area contributed by atoms with Gasteiger partial charge >= 0.3 is 0 Å². The first kappa shape index (κ1) is 11.3. The Morgan fingerprint density at radius 1 is 0.900 bits per heavy atom. The van der Waals surface area contributed by atoms with Crippen LogP contribution in [0.25, 0.3) is 0 Å². The minimum Gasteiger partial charge on any atom is -0.249 e. The lowest BCUT2D eigenvalue weighted by Crippen LogP contribution is -2.12. The second-order valence-electron chi connectivity index (χ2n) is 6.29. The Morgan fingerprint density at radius 3 is 2.45 bits per heavy atom. The van der Waals surface area contributed by atoms with Gasteiger partial charge in [-0.2, -0.15) is 0 Å². The van der Waals surface area contributed by atoms with Crippen LogP contribution in [0.4, 0.5) is 0 Å². The van der Waals surface area contributed by atoms with Crippen molar-refractivity contribution in [2.24, 2.45) is 23.7 Å². The highest BCUT2D eigenvalue weighted by Crippen LogP contribution is 2.61. The lowest BCUT2D eigenvalue weighted by Gasteiger charge is -2.21. The maximum atomic E-state index is 12.8. The van der Waals surface area contributed by atoms with E-state index in [0.29, 0.717) is 23.7 Å². The molecular formula is C18H16OS. The molecule has 5 rings (SSSR count). The van der Waals surface area contributed by atoms with Crippen molar-refractivity contribution < 1.29 is 4.21 Å². The first-order chi connectivity index (χ1) is 9.83. The van der Waals surface area contributed by atoms with Crippen LogP contribution < -0.4 is 0 Å². The van der Waals surface area contributed by atoms with Crippen molar-refractivity contribution in [2.75, 3.05) is 0 Å². The average Bonchev–Trinajstić information content (AvgIpc) is 3.24. The summed E-state index contributed by atoms with van der Waals surface area (Å²) in [6.07, 6.45) is 9.57. The van der Waals surface area contributed by atoms with E-state index in [2.05, 4.69) is 18.2 Å². The van der Waals surface area contributed by atoms with Crippen LogP contribution in [0, 0.1) is 23.7 Å². The number of rotatable bonds is 2. The van der Waals surface area contributed by atoms with Gasteiger partial charge in [-0.25, -0.2) is 4.21 Å². The van der Waals surface area contributed by atoms with Gasteiger partial charge in [0.2, 0.25) is 0 Å². The number of allylic oxidation sites excluding steroid dienone is 6. The second-order valence-corrected chi connectivity index (χ2v) is 7.77. The maximum Gasteiger partial charge on any atom is 0.0811 e. The topological polar surface area (TPSA) is 17.1 Å². The van der Waals surface area contributed by atoms with E-state index in [0.717, 1.165) is 4.90 Å². The summed E-state index contributed by atoms with van der Waals surface area (Å²) in [4.78, 5) is 2.13. The molecule has 0 saturated carbocycles. The SMILES string of the molecule is O=[S@@](C1=C[C@@H]2C[C@@H]1C1=C2[C@H]2C=C[C@H]1C2)c1ccccc1. The number of hydrogen-bond acceptors (Lipinski definition) is 1. The Balaban J connectivity index is 1.52. The Hall–Kier alpha value is -1.41. The van der Waals surface area contributed by atoms with E-state index >= 15 is 0 Å². The molecule has 0 N–H and O–H groups in total. The number of benzene rings is 1. The fourth-order valence-corrected chi connectivity index (χ4v) is 6.10. The van der Waals surface area contributed by atoms with Crippen LogP contribution in [-0.2, 0) is 10.8 Å². The third kappa shape index (κ3) is 1.30. The molecule has 0 radical (unpaired) electrons. The molecular weight excluding hydrogens is 264 g/mol. The standard InChI is InChI=1S/C18H16OS/c19-20(14-4-2-1-3-5-14)16-10-13-9-15(16)18-12-7-6-11(8-12)17(13)18/h1-7,10-13,15H,8-9H2/t11-,12-,13-,15-,20+/m0/s1. The van der Waals surface area contributed by atoms with E-state index < -0.39 is 10.8 Å². The average molecular weight is 280 g/mol. The molecule has 20 heavy (non-hydrogen) atoms. The largest absolute Gasteiger partial charge is 0.249 e. The molecule has 4 aliphatic carbocycles. The van der Waals surface area contributed by atoms with Crippen LogP contribution in [0.5, 0.6) is 0 Å². The first-order valence-electron chi connectivity index (χ1n) is 7.43. The number of hydrogen-bond donors (Lipinski definition) is 0. The normalized spacial score (nSPS) is 37.5. The van der Waals surface area contributed by atoms with Gasteiger partial charge in [0.05, 0.1) is 10.8 Å². The lowest BCUT2D eigenvalue weighted by atomic mass is 9.89. The summed E-state index contributed by atoms with van der Waals surface area (Å²) in [5, 5.41) is 0. The van der Waals surface area contributed by atoms with Gasteiger partial charge < -0.3 is 0 Å². The van der Waals surface area contributed by atoms with Crippen molar-refractivity contribution in [1.29, 1.82) is 0 Å². The predicted octanol–water partition coefficient (Wildman–Crippen LogP) is 3.83. The van der Waals surface area contributed by atoms with Gasteiger partial charge in [0.25, 0.3) is 0 Å². The molecule has 2 heteroatoms. The van der Waals surface area contributed by atoms with E-state index in [-0.39, 0.29) is 0 Å². The molecule has 0 saturated heterocycles. The molecule has 0 heterocycles. The van der Waals surface area contributed by atoms with Crippen LogP contribution in [0.15, 0.2) is 69.5 Å². The van der Waals surface area contributed by atoms with Crippen LogP contribution in [0.1, 0.15) is 12.8 Å². The summed E-state index contributed by atoms with van der Waals surface area (Å²) < 4.78 is 12.8. The third-order valence-electron chi connectivity index (χ3n) is 5.36. The smallest absolute Gasteiger partial charge is 0.0811 e. The Kier molecular flexibility index (Phi) is 2.15. The van der Waals surface area contributed by atoms with Crippen molar-refractivity contribution in [1.82, 2.24) is 0 Å². The Bertz CT molecular complexity index is 710. The van der Waals surface area contributed by atoms with Crippen molar-refractivity contribution in [3.8, 4) is 0 Å². The Labute approximate surface area is 121 Å². The quantitative estimate of drug-likeness (QED) is 0.594. The van der Waals surface area contributed by atoms with Crippen LogP contribution >= 0.6 is 0 Å². The zero-order valence-corrected chi connectivity index (χ0v) is 12.0. The van der Waals surface area contributed by atoms with Gasteiger partial charge in [0.1, 0.15) is 0 Å². The molecule has 0 aromatic heterocycles. The minimum atomic E-state index is -0.967. The molecule has 0 unspecified atom stereocenters. The molecule has 1 aromatic rings. The summed E-state index contributed by atoms with van der Waals surface area (Å²) in [5.41, 5.74) is 3.33. The van der Waals surface area contributed by atoms with Gasteiger partial charge in [-0.15, -0.1) is 0 Å². The summed E-state index contributed by atoms with van der Waals surface area (Å²) >= 11 is 0. The molecule has 0 fully saturated rings. The fourth-order valence-electron chi connectivity index (χ4n) is 4.66. The van der Waals surface area contributed by atoms with E-state index in [1.54, 1.807) is 11.1 Å². The minimum absolute atomic E-state index is 0.469. The van der Waals surface area contributed by atoms with E-state index in [4.69, 9.17) is 0 Å². The third-order valence-corrected chi connectivity index (χ3v) is 6.91. The van der Waals surface area contributed by atoms with E-state index in [1.165, 1.54) is 17.7 Å². The van der Waals surface area contributed by atoms with Crippen molar-refractivity contribution in [3.63, 3.8) is 0 Å². The van der Waals surface area contributed by atoms with Crippen molar-refractivity contribution in [3.05, 3.63) is 64.6 Å². The fraction of sp³-hybridized carbons (Fsp3) is 0.333. The number of fused-ring (bicyclic) bond motifs is 8. The monoisotopic (exact) mass is 280 g/mol. The first-order valence-corrected chi connectivity index (χ1v) is 8.58. The molecule has 1 aromatic carbocycles. The molecule has 100 valence electrons. The van der Waals surface area contributed by atoms with Crippen LogP contribution in [0.2, 0.25) is 0 Å². The van der Waals surface area contributed by atoms with Gasteiger partial charge in [0.15, 0.2) is 0 Å².